The van der Waals surface area contributed by atoms with Crippen LogP contribution in [0.3, 0.4) is 0 Å². The van der Waals surface area contributed by atoms with E-state index in [0.717, 1.165) is 181 Å². The van der Waals surface area contributed by atoms with Gasteiger partial charge in [-0.2, -0.15) is 0 Å². The van der Waals surface area contributed by atoms with Crippen molar-refractivity contribution < 1.29 is 43.0 Å². The lowest BCUT2D eigenvalue weighted by atomic mass is 9.40. The largest absolute Gasteiger partial charge is 0.489 e. The van der Waals surface area contributed by atoms with Gasteiger partial charge in [-0.3, -0.25) is 43.4 Å². The molecule has 0 aromatic heterocycles. The first-order chi connectivity index (χ1) is 64.0. The number of likely N-dealkylation sites (N-methyl/N-ethyl adjacent to an activating group) is 1. The van der Waals surface area contributed by atoms with Crippen LogP contribution in [0, 0.1) is 97.6 Å². The molecule has 21 aliphatic rings. The summed E-state index contributed by atoms with van der Waals surface area (Å²) in [6.45, 7) is 33.6. The highest BCUT2D eigenvalue weighted by Gasteiger charge is 2.66. The fraction of sp³-hybridized carbons (Fsp3) is 0.723. The van der Waals surface area contributed by atoms with E-state index in [1.54, 1.807) is 0 Å². The molecule has 4 atom stereocenters. The number of benzene rings is 4. The van der Waals surface area contributed by atoms with Gasteiger partial charge in [-0.25, -0.2) is 0 Å². The molecule has 16 saturated carbocycles. The number of hydrogen-bond donors (Lipinski definition) is 2. The molecule has 5 aliphatic heterocycles. The van der Waals surface area contributed by atoms with Gasteiger partial charge in [-0.1, -0.05) is 124 Å². The average Bonchev–Trinajstić information content (AvgIpc) is 1.16. The van der Waals surface area contributed by atoms with Crippen LogP contribution in [0.5, 0.6) is 11.5 Å². The molecule has 16 bridgehead atoms. The summed E-state index contributed by atoms with van der Waals surface area (Å²) >= 11 is 0. The second-order valence-electron chi connectivity index (χ2n) is 48.8. The van der Waals surface area contributed by atoms with Crippen LogP contribution in [-0.2, 0) is 59.9 Å². The third-order valence-corrected chi connectivity index (χ3v) is 36.0. The maximum absolute atomic E-state index is 13.9. The molecule has 5 saturated heterocycles. The number of carbonyl (C=O) groups is 7. The molecule has 726 valence electrons. The Kier molecular flexibility index (Phi) is 29.5. The highest BCUT2D eigenvalue weighted by Crippen LogP contribution is 2.72. The van der Waals surface area contributed by atoms with E-state index in [1.165, 1.54) is 204 Å². The summed E-state index contributed by atoms with van der Waals surface area (Å²) in [6.07, 6.45) is 37.7. The number of likely N-dealkylation sites (tertiary alicyclic amines) is 1. The number of carbonyl (C=O) groups excluding carboxylic acids is 7. The zero-order valence-corrected chi connectivity index (χ0v) is 82.6. The molecule has 21 heteroatoms. The lowest BCUT2D eigenvalue weighted by Gasteiger charge is -2.65. The molecule has 133 heavy (non-hydrogen) atoms. The summed E-state index contributed by atoms with van der Waals surface area (Å²) in [7, 11) is 4.07. The second kappa shape index (κ2) is 40.9. The summed E-state index contributed by atoms with van der Waals surface area (Å²) in [6, 6.07) is 35.1. The molecule has 5 heterocycles. The van der Waals surface area contributed by atoms with E-state index >= 15 is 0 Å². The SMILES string of the molecule is CC12CC3CC(C)(C1)CC(C(=O)N1CCCN(CCCN4CCCC4)CC1)(C3)C2.CN(C)CCN1CCCN(C(=O)C23CC4CC(C)(CC(C)(C4)C2)C3)CC1=O.Cc1ccc(COc2ccccc2CN2CCN(C(=O)CNC(=O)CC34CC5CC(CC(C5)C3)C4)CC2)cc1.O=C(CC12CC3CC(CC(C3)C1)C2)NCC(=O)N1CCN(Cc2ccccc2OCc2ccccc2)CC1. The number of ether oxygens (including phenoxy) is 2. The highest BCUT2D eigenvalue weighted by molar-refractivity contribution is 5.89. The summed E-state index contributed by atoms with van der Waals surface area (Å²) in [5.41, 5.74) is 7.63. The van der Waals surface area contributed by atoms with Crippen molar-refractivity contribution in [3.05, 3.63) is 131 Å². The third-order valence-electron chi connectivity index (χ3n) is 36.0. The summed E-state index contributed by atoms with van der Waals surface area (Å²) in [5, 5.41) is 5.96. The summed E-state index contributed by atoms with van der Waals surface area (Å²) < 4.78 is 12.3. The average molecular weight is 1820 g/mol. The van der Waals surface area contributed by atoms with Gasteiger partial charge in [0.15, 0.2) is 0 Å². The van der Waals surface area contributed by atoms with Gasteiger partial charge < -0.3 is 59.3 Å². The van der Waals surface area contributed by atoms with Crippen LogP contribution < -0.4 is 20.1 Å². The Morgan fingerprint density at radius 3 is 1.21 bits per heavy atom. The Morgan fingerprint density at radius 2 is 0.767 bits per heavy atom. The Labute approximate surface area is 797 Å². The van der Waals surface area contributed by atoms with Gasteiger partial charge in [0, 0.05) is 135 Å². The van der Waals surface area contributed by atoms with Crippen molar-refractivity contribution in [1.82, 2.24) is 59.6 Å². The van der Waals surface area contributed by atoms with E-state index in [-0.39, 0.29) is 70.8 Å². The standard InChI is InChI=1S/C33H43N3O3.C32H41N3O3.C25H43N3O.C22H37N3O2/c1-24-6-8-25(9-7-24)23-39-30-5-3-2-4-29(30)22-35-10-12-36(13-11-35)32(38)21-34-31(37)20-33-17-26-14-27(18-33)16-28(15-26)19-33;36-30(20-32-17-25-14-26(18-32)16-27(15-25)19-32)33-21-31(37)35-12-10-34(11-13-35)22-28-8-4-5-9-29(28)38-23-24-6-2-1-3-7-24;1-23-15-21-16-24(2,18-23)20-25(17-21,19-23)22(29)28-12-6-11-27(13-14-28)10-5-9-26-7-3-4-8-26;1-20-10-17-11-21(2,14-20)16-22(12-17,15-20)19(27)25-7-5-6-24(18(26)13-25)9-8-23(3)4/h2-9,26-28H,10-23H2,1H3,(H,34,37);1-9,25-27H,10-23H2,(H,33,36);21H,3-20H2,1-2H3;17H,5-16H2,1-4H3. The zero-order valence-electron chi connectivity index (χ0n) is 82.6. The molecule has 21 fully saturated rings. The molecule has 7 amide bonds. The molecule has 16 aliphatic carbocycles. The van der Waals surface area contributed by atoms with Crippen molar-refractivity contribution in [2.75, 3.05) is 165 Å². The lowest BCUT2D eigenvalue weighted by Crippen LogP contribution is -2.60. The van der Waals surface area contributed by atoms with Crippen molar-refractivity contribution in [2.24, 2.45) is 90.7 Å². The number of nitrogens with zero attached hydrogens (tertiary/aromatic N) is 10. The smallest absolute Gasteiger partial charge is 0.242 e. The van der Waals surface area contributed by atoms with E-state index in [9.17, 15) is 33.6 Å². The molecule has 2 N–H and O–H groups in total. The minimum absolute atomic E-state index is 0.0200. The van der Waals surface area contributed by atoms with Gasteiger partial charge in [-0.15, -0.1) is 0 Å². The van der Waals surface area contributed by atoms with Crippen LogP contribution in [0.2, 0.25) is 0 Å². The number of aryl methyl sites for hydroxylation is 1. The van der Waals surface area contributed by atoms with Gasteiger partial charge in [0.05, 0.1) is 30.5 Å². The van der Waals surface area contributed by atoms with Gasteiger partial charge in [0.2, 0.25) is 41.4 Å². The Balaban J connectivity index is 0.000000120. The Bertz CT molecular complexity index is 4580. The predicted octanol–water partition coefficient (Wildman–Crippen LogP) is 16.2. The van der Waals surface area contributed by atoms with Crippen molar-refractivity contribution >= 4 is 41.4 Å². The maximum atomic E-state index is 13.9. The van der Waals surface area contributed by atoms with Crippen molar-refractivity contribution in [2.45, 2.75) is 260 Å². The number of amides is 7. The van der Waals surface area contributed by atoms with Crippen molar-refractivity contribution in [3.8, 4) is 11.5 Å². The molecule has 21 nitrogen and oxygen atoms in total. The molecular weight excluding hydrogens is 1660 g/mol. The Morgan fingerprint density at radius 1 is 0.383 bits per heavy atom. The maximum Gasteiger partial charge on any atom is 0.242 e. The number of piperazine rings is 2. The van der Waals surface area contributed by atoms with Crippen LogP contribution in [0.1, 0.15) is 255 Å². The molecule has 4 aromatic rings. The van der Waals surface area contributed by atoms with Crippen LogP contribution in [-0.4, -0.2) is 255 Å². The van der Waals surface area contributed by atoms with Gasteiger partial charge in [0.1, 0.15) is 24.7 Å². The number of hydrogen-bond acceptors (Lipinski definition) is 14. The van der Waals surface area contributed by atoms with Crippen LogP contribution >= 0.6 is 0 Å². The topological polar surface area (TPSA) is 194 Å². The molecule has 25 rings (SSSR count). The van der Waals surface area contributed by atoms with Crippen LogP contribution in [0.15, 0.2) is 103 Å². The number of rotatable bonds is 27. The molecule has 0 spiro atoms. The summed E-state index contributed by atoms with van der Waals surface area (Å²) in [5.74, 6) is 9.58. The molecule has 0 radical (unpaired) electrons. The van der Waals surface area contributed by atoms with E-state index in [2.05, 4.69) is 135 Å². The Hall–Kier alpha value is -7.43. The molecule has 4 aromatic carbocycles. The van der Waals surface area contributed by atoms with Crippen LogP contribution in [0.25, 0.3) is 0 Å². The predicted molar refractivity (Wildman–Crippen MR) is 523 cm³/mol. The first-order valence-corrected chi connectivity index (χ1v) is 53.0. The third kappa shape index (κ3) is 23.6. The quantitative estimate of drug-likeness (QED) is 0.0572. The summed E-state index contributed by atoms with van der Waals surface area (Å²) in [4.78, 5) is 114. The van der Waals surface area contributed by atoms with Crippen LogP contribution in [0.4, 0.5) is 0 Å². The molecular formula is C112H164N12O9. The van der Waals surface area contributed by atoms with Gasteiger partial charge >= 0.3 is 0 Å². The minimum atomic E-state index is -0.192. The van der Waals surface area contributed by atoms with E-state index in [4.69, 9.17) is 9.47 Å². The van der Waals surface area contributed by atoms with E-state index < -0.39 is 0 Å². The first kappa shape index (κ1) is 95.9. The fourth-order valence-corrected chi connectivity index (χ4v) is 32.9. The monoisotopic (exact) mass is 1820 g/mol. The minimum Gasteiger partial charge on any atom is -0.489 e. The fourth-order valence-electron chi connectivity index (χ4n) is 32.9. The molecule has 4 unspecified atom stereocenters. The van der Waals surface area contributed by atoms with Gasteiger partial charge in [-0.05, 0) is 343 Å². The van der Waals surface area contributed by atoms with E-state index in [1.807, 2.05) is 76.2 Å². The van der Waals surface area contributed by atoms with Gasteiger partial charge in [0.25, 0.3) is 0 Å². The van der Waals surface area contributed by atoms with E-state index in [0.29, 0.717) is 91.6 Å². The van der Waals surface area contributed by atoms with Crippen molar-refractivity contribution in [3.63, 3.8) is 0 Å². The van der Waals surface area contributed by atoms with Crippen molar-refractivity contribution in [1.29, 1.82) is 0 Å². The highest BCUT2D eigenvalue weighted by atomic mass is 16.5. The number of para-hydroxylation sites is 2. The number of nitrogens with one attached hydrogen (secondary N) is 2. The zero-order chi connectivity index (χ0) is 92.3. The first-order valence-electron chi connectivity index (χ1n) is 53.0. The normalized spacial score (nSPS) is 34.1. The second-order valence-corrected chi connectivity index (χ2v) is 48.8. The lowest BCUT2D eigenvalue weighted by molar-refractivity contribution is -0.179.